The van der Waals surface area contributed by atoms with Gasteiger partial charge in [0.15, 0.2) is 0 Å². The first-order chi connectivity index (χ1) is 11.8. The quantitative estimate of drug-likeness (QED) is 0.919. The number of benzene rings is 1. The van der Waals surface area contributed by atoms with Gasteiger partial charge in [-0.25, -0.2) is 0 Å². The van der Waals surface area contributed by atoms with Gasteiger partial charge in [-0.15, -0.1) is 0 Å². The van der Waals surface area contributed by atoms with Gasteiger partial charge in [0, 0.05) is 24.7 Å². The lowest BCUT2D eigenvalue weighted by Crippen LogP contribution is -2.40. The smallest absolute Gasteiger partial charge is 0.270 e. The second-order valence-electron chi connectivity index (χ2n) is 6.82. The lowest BCUT2D eigenvalue weighted by Gasteiger charge is -2.35. The van der Waals surface area contributed by atoms with E-state index in [1.807, 2.05) is 4.90 Å². The first kappa shape index (κ1) is 15.0. The molecule has 1 N–H and O–H groups in total. The molecule has 4 nitrogen and oxygen atoms in total. The zero-order chi connectivity index (χ0) is 16.5. The first-order valence-electron chi connectivity index (χ1n) is 8.75. The maximum Gasteiger partial charge on any atom is 0.270 e. The molecule has 24 heavy (non-hydrogen) atoms. The van der Waals surface area contributed by atoms with Crippen molar-refractivity contribution in [3.63, 3.8) is 0 Å². The molecule has 2 atom stereocenters. The topological polar surface area (TPSA) is 59.9 Å². The molecule has 122 valence electrons. The van der Waals surface area contributed by atoms with Crippen LogP contribution in [-0.2, 0) is 6.42 Å². The zero-order valence-electron chi connectivity index (χ0n) is 13.7. The molecule has 0 bridgehead atoms. The fraction of sp³-hybridized carbons (Fsp3) is 0.400. The maximum absolute atomic E-state index is 12.9. The summed E-state index contributed by atoms with van der Waals surface area (Å²) in [5.41, 5.74) is 3.91. The molecule has 4 heteroatoms. The van der Waals surface area contributed by atoms with Crippen LogP contribution in [0.5, 0.6) is 0 Å². The van der Waals surface area contributed by atoms with E-state index < -0.39 is 0 Å². The van der Waals surface area contributed by atoms with Gasteiger partial charge in [0.1, 0.15) is 11.8 Å². The lowest BCUT2D eigenvalue weighted by molar-refractivity contribution is 0.0705. The third-order valence-electron chi connectivity index (χ3n) is 5.48. The van der Waals surface area contributed by atoms with E-state index >= 15 is 0 Å². The van der Waals surface area contributed by atoms with Crippen LogP contribution in [0.1, 0.15) is 58.8 Å². The molecular weight excluding hydrogens is 298 g/mol. The van der Waals surface area contributed by atoms with E-state index in [0.717, 1.165) is 32.2 Å². The average Bonchev–Trinajstić information content (AvgIpc) is 3.30. The Balaban J connectivity index is 1.62. The number of amides is 1. The van der Waals surface area contributed by atoms with Gasteiger partial charge in [-0.3, -0.25) is 4.79 Å². The van der Waals surface area contributed by atoms with Crippen LogP contribution < -0.4 is 0 Å². The fourth-order valence-electron chi connectivity index (χ4n) is 4.39. The van der Waals surface area contributed by atoms with Crippen LogP contribution in [-0.4, -0.2) is 28.4 Å². The summed E-state index contributed by atoms with van der Waals surface area (Å²) < 4.78 is 0. The highest BCUT2D eigenvalue weighted by molar-refractivity contribution is 5.93. The molecular formula is C20H21N3O. The lowest BCUT2D eigenvalue weighted by atomic mass is 9.78. The number of hydrogen-bond donors (Lipinski definition) is 1. The summed E-state index contributed by atoms with van der Waals surface area (Å²) in [5, 5.41) is 8.97. The van der Waals surface area contributed by atoms with Crippen molar-refractivity contribution in [2.75, 3.05) is 6.54 Å². The van der Waals surface area contributed by atoms with Crippen LogP contribution in [0, 0.1) is 11.3 Å². The molecule has 1 saturated heterocycles. The van der Waals surface area contributed by atoms with Gasteiger partial charge in [-0.1, -0.05) is 24.3 Å². The van der Waals surface area contributed by atoms with Gasteiger partial charge in [-0.05, 0) is 49.3 Å². The first-order valence-corrected chi connectivity index (χ1v) is 8.75. The molecule has 0 saturated carbocycles. The third kappa shape index (κ3) is 2.50. The Hall–Kier alpha value is -2.54. The second kappa shape index (κ2) is 6.16. The zero-order valence-corrected chi connectivity index (χ0v) is 13.7. The largest absolute Gasteiger partial charge is 0.356 e. The minimum atomic E-state index is 0.0297. The highest BCUT2D eigenvalue weighted by Gasteiger charge is 2.37. The number of H-pyrrole nitrogens is 1. The molecule has 1 aliphatic carbocycles. The molecule has 4 rings (SSSR count). The summed E-state index contributed by atoms with van der Waals surface area (Å²) in [6, 6.07) is 12.7. The van der Waals surface area contributed by atoms with E-state index in [1.165, 1.54) is 17.5 Å². The molecule has 1 amide bonds. The second-order valence-corrected chi connectivity index (χ2v) is 6.82. The Bertz CT molecular complexity index is 801. The predicted octanol–water partition coefficient (Wildman–Crippen LogP) is 3.61. The van der Waals surface area contributed by atoms with Crippen LogP contribution in [0.15, 0.2) is 36.5 Å². The number of carbonyl (C=O) groups is 1. The summed E-state index contributed by atoms with van der Waals surface area (Å²) in [5.74, 6) is 0.467. The molecule has 2 aliphatic rings. The molecule has 2 unspecified atom stereocenters. The Morgan fingerprint density at radius 2 is 2.12 bits per heavy atom. The Labute approximate surface area is 142 Å². The van der Waals surface area contributed by atoms with Crippen LogP contribution in [0.2, 0.25) is 0 Å². The highest BCUT2D eigenvalue weighted by Crippen LogP contribution is 2.40. The average molecular weight is 319 g/mol. The van der Waals surface area contributed by atoms with Gasteiger partial charge in [-0.2, -0.15) is 5.26 Å². The SMILES string of the molecule is N#Cc1c[nH]c(C(=O)N2CCCC2C2CCCc3ccccc32)c1. The van der Waals surface area contributed by atoms with Crippen molar-refractivity contribution in [1.29, 1.82) is 5.26 Å². The minimum Gasteiger partial charge on any atom is -0.356 e. The Morgan fingerprint density at radius 3 is 2.96 bits per heavy atom. The number of aromatic nitrogens is 1. The van der Waals surface area contributed by atoms with Gasteiger partial charge < -0.3 is 9.88 Å². The van der Waals surface area contributed by atoms with Gasteiger partial charge >= 0.3 is 0 Å². The third-order valence-corrected chi connectivity index (χ3v) is 5.48. The molecule has 1 aromatic carbocycles. The fourth-order valence-corrected chi connectivity index (χ4v) is 4.39. The number of nitriles is 1. The number of likely N-dealkylation sites (tertiary alicyclic amines) is 1. The highest BCUT2D eigenvalue weighted by atomic mass is 16.2. The Kier molecular flexibility index (Phi) is 3.86. The summed E-state index contributed by atoms with van der Waals surface area (Å²) in [7, 11) is 0. The summed E-state index contributed by atoms with van der Waals surface area (Å²) in [4.78, 5) is 17.9. The van der Waals surface area contributed by atoms with Crippen LogP contribution >= 0.6 is 0 Å². The van der Waals surface area contributed by atoms with E-state index in [0.29, 0.717) is 17.2 Å². The van der Waals surface area contributed by atoms with Crippen molar-refractivity contribution < 1.29 is 4.79 Å². The molecule has 2 aromatic rings. The number of carbonyl (C=O) groups excluding carboxylic acids is 1. The summed E-state index contributed by atoms with van der Waals surface area (Å²) >= 11 is 0. The van der Waals surface area contributed by atoms with E-state index in [4.69, 9.17) is 5.26 Å². The summed E-state index contributed by atoms with van der Waals surface area (Å²) in [6.45, 7) is 0.809. The van der Waals surface area contributed by atoms with Crippen LogP contribution in [0.4, 0.5) is 0 Å². The Morgan fingerprint density at radius 1 is 1.25 bits per heavy atom. The molecule has 0 radical (unpaired) electrons. The number of rotatable bonds is 2. The van der Waals surface area contributed by atoms with Crippen molar-refractivity contribution in [3.8, 4) is 6.07 Å². The van der Waals surface area contributed by atoms with Crippen LogP contribution in [0.3, 0.4) is 0 Å². The van der Waals surface area contributed by atoms with Crippen molar-refractivity contribution in [2.45, 2.75) is 44.1 Å². The number of hydrogen-bond acceptors (Lipinski definition) is 2. The molecule has 1 aliphatic heterocycles. The van der Waals surface area contributed by atoms with Crippen molar-refractivity contribution in [2.24, 2.45) is 0 Å². The molecule has 1 aromatic heterocycles. The summed E-state index contributed by atoms with van der Waals surface area (Å²) in [6.07, 6.45) is 7.22. The van der Waals surface area contributed by atoms with Crippen LogP contribution in [0.25, 0.3) is 0 Å². The van der Waals surface area contributed by atoms with Crippen molar-refractivity contribution >= 4 is 5.91 Å². The molecule has 1 fully saturated rings. The predicted molar refractivity (Wildman–Crippen MR) is 91.7 cm³/mol. The van der Waals surface area contributed by atoms with Gasteiger partial charge in [0.25, 0.3) is 5.91 Å². The van der Waals surface area contributed by atoms with Crippen molar-refractivity contribution in [1.82, 2.24) is 9.88 Å². The molecule has 2 heterocycles. The molecule has 0 spiro atoms. The normalized spacial score (nSPS) is 22.9. The number of nitrogens with zero attached hydrogens (tertiary/aromatic N) is 2. The minimum absolute atomic E-state index is 0.0297. The van der Waals surface area contributed by atoms with E-state index in [-0.39, 0.29) is 11.9 Å². The van der Waals surface area contributed by atoms with Gasteiger partial charge in [0.05, 0.1) is 5.56 Å². The van der Waals surface area contributed by atoms with E-state index in [9.17, 15) is 4.79 Å². The number of fused-ring (bicyclic) bond motifs is 1. The number of nitrogens with one attached hydrogen (secondary N) is 1. The maximum atomic E-state index is 12.9. The van der Waals surface area contributed by atoms with E-state index in [2.05, 4.69) is 35.3 Å². The standard InChI is InChI=1S/C20H21N3O/c21-12-14-11-18(22-13-14)20(24)23-10-4-9-19(23)17-8-3-6-15-5-1-2-7-16(15)17/h1-2,5,7,11,13,17,19,22H,3-4,6,8-10H2. The monoisotopic (exact) mass is 319 g/mol. The number of aryl methyl sites for hydroxylation is 1. The van der Waals surface area contributed by atoms with Crippen molar-refractivity contribution in [3.05, 3.63) is 58.9 Å². The van der Waals surface area contributed by atoms with Gasteiger partial charge in [0.2, 0.25) is 0 Å². The van der Waals surface area contributed by atoms with E-state index in [1.54, 1.807) is 12.3 Å². The number of aromatic amines is 1.